The molecule has 2 aromatic carbocycles. The lowest BCUT2D eigenvalue weighted by Gasteiger charge is -2.08. The van der Waals surface area contributed by atoms with E-state index in [4.69, 9.17) is 11.6 Å². The number of benzene rings is 2. The smallest absolute Gasteiger partial charge is 0.261 e. The maximum absolute atomic E-state index is 12.6. The highest BCUT2D eigenvalue weighted by molar-refractivity contribution is 9.11. The lowest BCUT2D eigenvalue weighted by Crippen LogP contribution is -2.21. The van der Waals surface area contributed by atoms with Crippen molar-refractivity contribution in [3.05, 3.63) is 72.6 Å². The van der Waals surface area contributed by atoms with Gasteiger partial charge in [0, 0.05) is 14.0 Å². The van der Waals surface area contributed by atoms with Gasteiger partial charge in [-0.2, -0.15) is 0 Å². The zero-order valence-corrected chi connectivity index (χ0v) is 14.6. The fourth-order valence-electron chi connectivity index (χ4n) is 2.09. The van der Waals surface area contributed by atoms with Gasteiger partial charge in [-0.3, -0.25) is 9.36 Å². The highest BCUT2D eigenvalue weighted by Crippen LogP contribution is 2.24. The van der Waals surface area contributed by atoms with Gasteiger partial charge in [-0.15, -0.1) is 0 Å². The maximum Gasteiger partial charge on any atom is 0.261 e. The van der Waals surface area contributed by atoms with Crippen molar-refractivity contribution in [1.82, 2.24) is 9.55 Å². The molecule has 0 atom stereocenters. The Morgan fingerprint density at radius 2 is 1.86 bits per heavy atom. The Morgan fingerprint density at radius 3 is 2.57 bits per heavy atom. The number of fused-ring (bicyclic) bond motifs is 1. The predicted molar refractivity (Wildman–Crippen MR) is 92.0 cm³/mol. The van der Waals surface area contributed by atoms with Gasteiger partial charge < -0.3 is 0 Å². The molecule has 0 aliphatic carbocycles. The van der Waals surface area contributed by atoms with Crippen LogP contribution in [0.3, 0.4) is 0 Å². The van der Waals surface area contributed by atoms with Gasteiger partial charge in [0.15, 0.2) is 0 Å². The van der Waals surface area contributed by atoms with Gasteiger partial charge in [-0.05, 0) is 45.8 Å². The highest BCUT2D eigenvalue weighted by atomic mass is 79.9. The van der Waals surface area contributed by atoms with Crippen LogP contribution in [0.1, 0.15) is 5.56 Å². The quantitative estimate of drug-likeness (QED) is 0.597. The summed E-state index contributed by atoms with van der Waals surface area (Å²) >= 11 is 12.7. The van der Waals surface area contributed by atoms with E-state index in [1.165, 1.54) is 0 Å². The van der Waals surface area contributed by atoms with E-state index in [0.29, 0.717) is 22.5 Å². The molecule has 3 aromatic rings. The molecule has 21 heavy (non-hydrogen) atoms. The number of rotatable bonds is 2. The van der Waals surface area contributed by atoms with Gasteiger partial charge in [0.05, 0.1) is 23.8 Å². The van der Waals surface area contributed by atoms with E-state index in [1.54, 1.807) is 17.0 Å². The Hall–Kier alpha value is -1.17. The molecule has 106 valence electrons. The third-order valence-corrected chi connectivity index (χ3v) is 4.43. The minimum Gasteiger partial charge on any atom is -0.294 e. The summed E-state index contributed by atoms with van der Waals surface area (Å²) in [6.45, 7) is 0.461. The number of nitrogens with zero attached hydrogens (tertiary/aromatic N) is 2. The number of halogens is 3. The molecule has 1 heterocycles. The van der Waals surface area contributed by atoms with Gasteiger partial charge >= 0.3 is 0 Å². The van der Waals surface area contributed by atoms with E-state index >= 15 is 0 Å². The minimum atomic E-state index is -0.0723. The molecule has 0 radical (unpaired) electrons. The average Bonchev–Trinajstić information content (AvgIpc) is 2.45. The molecule has 0 aliphatic rings. The van der Waals surface area contributed by atoms with Crippen molar-refractivity contribution in [3.8, 4) is 0 Å². The molecule has 0 spiro atoms. The number of aromatic nitrogens is 2. The van der Waals surface area contributed by atoms with Crippen molar-refractivity contribution in [3.63, 3.8) is 0 Å². The first-order chi connectivity index (χ1) is 10.0. The van der Waals surface area contributed by atoms with E-state index in [0.717, 1.165) is 14.5 Å². The van der Waals surface area contributed by atoms with Gasteiger partial charge in [-0.1, -0.05) is 39.7 Å². The SMILES string of the molecule is O=c1c2cc(Br)cc(Br)c2ncn1Cc1ccc(Cl)cc1. The fourth-order valence-corrected chi connectivity index (χ4v) is 3.55. The Bertz CT molecular complexity index is 875. The molecule has 0 saturated carbocycles. The molecule has 3 nitrogen and oxygen atoms in total. The van der Waals surface area contributed by atoms with E-state index in [1.807, 2.05) is 30.3 Å². The Balaban J connectivity index is 2.10. The summed E-state index contributed by atoms with van der Waals surface area (Å²) in [6, 6.07) is 11.1. The number of hydrogen-bond acceptors (Lipinski definition) is 2. The van der Waals surface area contributed by atoms with Crippen LogP contribution in [0, 0.1) is 0 Å². The summed E-state index contributed by atoms with van der Waals surface area (Å²) in [5.74, 6) is 0. The fraction of sp³-hybridized carbons (Fsp3) is 0.0667. The Morgan fingerprint density at radius 1 is 1.14 bits per heavy atom. The van der Waals surface area contributed by atoms with E-state index in [-0.39, 0.29) is 5.56 Å². The topological polar surface area (TPSA) is 34.9 Å². The second-order valence-electron chi connectivity index (χ2n) is 4.59. The minimum absolute atomic E-state index is 0.0723. The number of hydrogen-bond donors (Lipinski definition) is 0. The van der Waals surface area contributed by atoms with Gasteiger partial charge in [0.1, 0.15) is 0 Å². The summed E-state index contributed by atoms with van der Waals surface area (Å²) in [7, 11) is 0. The molecule has 1 aromatic heterocycles. The summed E-state index contributed by atoms with van der Waals surface area (Å²) in [5.41, 5.74) is 1.59. The van der Waals surface area contributed by atoms with Crippen LogP contribution in [-0.2, 0) is 6.54 Å². The van der Waals surface area contributed by atoms with Crippen LogP contribution in [-0.4, -0.2) is 9.55 Å². The molecule has 3 rings (SSSR count). The first-order valence-corrected chi connectivity index (χ1v) is 8.09. The second-order valence-corrected chi connectivity index (χ2v) is 6.79. The molecule has 0 fully saturated rings. The van der Waals surface area contributed by atoms with E-state index < -0.39 is 0 Å². The van der Waals surface area contributed by atoms with Crippen LogP contribution in [0.5, 0.6) is 0 Å². The summed E-state index contributed by atoms with van der Waals surface area (Å²) in [6.07, 6.45) is 1.57. The van der Waals surface area contributed by atoms with Crippen LogP contribution >= 0.6 is 43.5 Å². The molecule has 0 saturated heterocycles. The average molecular weight is 429 g/mol. The van der Waals surface area contributed by atoms with Crippen LogP contribution < -0.4 is 5.56 Å². The van der Waals surface area contributed by atoms with Crippen molar-refractivity contribution in [2.24, 2.45) is 0 Å². The molecule has 0 amide bonds. The van der Waals surface area contributed by atoms with Crippen molar-refractivity contribution >= 4 is 54.4 Å². The zero-order chi connectivity index (χ0) is 15.0. The second kappa shape index (κ2) is 5.91. The summed E-state index contributed by atoms with van der Waals surface area (Å²) in [4.78, 5) is 16.9. The first-order valence-electron chi connectivity index (χ1n) is 6.13. The third-order valence-electron chi connectivity index (χ3n) is 3.11. The molecule has 0 bridgehead atoms. The molecule has 0 unspecified atom stereocenters. The predicted octanol–water partition coefficient (Wildman–Crippen LogP) is 4.62. The monoisotopic (exact) mass is 426 g/mol. The Labute approximate surface area is 142 Å². The Kier molecular flexibility index (Phi) is 4.15. The summed E-state index contributed by atoms with van der Waals surface area (Å²) in [5, 5.41) is 1.25. The third kappa shape index (κ3) is 3.05. The molecule has 0 N–H and O–H groups in total. The van der Waals surface area contributed by atoms with E-state index in [9.17, 15) is 4.79 Å². The van der Waals surface area contributed by atoms with Crippen molar-refractivity contribution in [1.29, 1.82) is 0 Å². The van der Waals surface area contributed by atoms with Crippen LogP contribution in [0.4, 0.5) is 0 Å². The molecule has 0 aliphatic heterocycles. The van der Waals surface area contributed by atoms with Crippen molar-refractivity contribution in [2.75, 3.05) is 0 Å². The molecular weight excluding hydrogens is 419 g/mol. The van der Waals surface area contributed by atoms with E-state index in [2.05, 4.69) is 36.8 Å². The van der Waals surface area contributed by atoms with Gasteiger partial charge in [0.2, 0.25) is 0 Å². The lowest BCUT2D eigenvalue weighted by atomic mass is 10.2. The maximum atomic E-state index is 12.6. The largest absolute Gasteiger partial charge is 0.294 e. The van der Waals surface area contributed by atoms with Crippen LogP contribution in [0.15, 0.2) is 56.5 Å². The molecule has 6 heteroatoms. The van der Waals surface area contributed by atoms with Crippen LogP contribution in [0.2, 0.25) is 5.02 Å². The van der Waals surface area contributed by atoms with Crippen molar-refractivity contribution in [2.45, 2.75) is 6.54 Å². The highest BCUT2D eigenvalue weighted by Gasteiger charge is 2.08. The van der Waals surface area contributed by atoms with Gasteiger partial charge in [-0.25, -0.2) is 4.98 Å². The summed E-state index contributed by atoms with van der Waals surface area (Å²) < 4.78 is 3.22. The normalized spacial score (nSPS) is 11.0. The standard InChI is InChI=1S/C15H9Br2ClN2O/c16-10-5-12-14(13(17)6-10)19-8-20(15(12)21)7-9-1-3-11(18)4-2-9/h1-6,8H,7H2. The van der Waals surface area contributed by atoms with Crippen LogP contribution in [0.25, 0.3) is 10.9 Å². The zero-order valence-electron chi connectivity index (χ0n) is 10.7. The van der Waals surface area contributed by atoms with Gasteiger partial charge in [0.25, 0.3) is 5.56 Å². The first kappa shape index (κ1) is 14.8. The molecular formula is C15H9Br2ClN2O. The van der Waals surface area contributed by atoms with Crippen molar-refractivity contribution < 1.29 is 0 Å². The lowest BCUT2D eigenvalue weighted by molar-refractivity contribution is 0.748.